The minimum absolute atomic E-state index is 0.162. The van der Waals surface area contributed by atoms with Crippen molar-refractivity contribution < 1.29 is 27.9 Å². The highest BCUT2D eigenvalue weighted by Crippen LogP contribution is 2.51. The molecule has 2 heterocycles. The molecule has 0 aliphatic heterocycles. The molecule has 1 saturated carbocycles. The van der Waals surface area contributed by atoms with E-state index < -0.39 is 26.0 Å². The molecule has 28 heavy (non-hydrogen) atoms. The SMILES string of the molecule is CCCC(=O)OCOP(=O)(COC1(Cn2cnc3cnc(N)nc32)CC1)OC. The van der Waals surface area contributed by atoms with Gasteiger partial charge in [-0.15, -0.1) is 0 Å². The van der Waals surface area contributed by atoms with E-state index in [9.17, 15) is 9.36 Å². The van der Waals surface area contributed by atoms with Crippen molar-refractivity contribution in [1.29, 1.82) is 0 Å². The second kappa shape index (κ2) is 8.52. The standard InChI is InChI=1S/C16H24N5O6P/c1-3-4-13(22)25-10-27-28(23,24-2)11-26-16(5-6-16)8-21-9-19-12-7-18-15(17)20-14(12)21/h7,9H,3-6,8,10-11H2,1-2H3,(H2,17,18,20). The van der Waals surface area contributed by atoms with Gasteiger partial charge in [0.15, 0.2) is 5.65 Å². The molecular weight excluding hydrogens is 389 g/mol. The lowest BCUT2D eigenvalue weighted by atomic mass is 10.3. The third kappa shape index (κ3) is 5.05. The van der Waals surface area contributed by atoms with Crippen molar-refractivity contribution in [2.45, 2.75) is 44.8 Å². The number of hydrogen-bond acceptors (Lipinski definition) is 10. The molecule has 3 rings (SSSR count). The van der Waals surface area contributed by atoms with Crippen molar-refractivity contribution in [2.75, 3.05) is 26.0 Å². The van der Waals surface area contributed by atoms with Gasteiger partial charge in [-0.3, -0.25) is 13.9 Å². The summed E-state index contributed by atoms with van der Waals surface area (Å²) in [5, 5.41) is 0. The Balaban J connectivity index is 1.57. The van der Waals surface area contributed by atoms with Gasteiger partial charge >= 0.3 is 13.6 Å². The first-order valence-electron chi connectivity index (χ1n) is 8.91. The van der Waals surface area contributed by atoms with Crippen LogP contribution >= 0.6 is 7.60 Å². The summed E-state index contributed by atoms with van der Waals surface area (Å²) in [4.78, 5) is 23.7. The number of aromatic nitrogens is 4. The van der Waals surface area contributed by atoms with Crippen molar-refractivity contribution in [3.63, 3.8) is 0 Å². The Bertz CT molecular complexity index is 884. The molecule has 1 aliphatic carbocycles. The van der Waals surface area contributed by atoms with Gasteiger partial charge in [-0.05, 0) is 19.3 Å². The molecule has 2 aromatic heterocycles. The molecule has 0 spiro atoms. The van der Waals surface area contributed by atoms with Crippen LogP contribution in [0.1, 0.15) is 32.6 Å². The predicted molar refractivity (Wildman–Crippen MR) is 99.2 cm³/mol. The lowest BCUT2D eigenvalue weighted by Gasteiger charge is -2.21. The zero-order chi connectivity index (χ0) is 20.2. The molecule has 11 nitrogen and oxygen atoms in total. The van der Waals surface area contributed by atoms with Crippen LogP contribution in [0, 0.1) is 0 Å². The van der Waals surface area contributed by atoms with Gasteiger partial charge in [-0.2, -0.15) is 4.98 Å². The molecule has 12 heteroatoms. The molecule has 2 aromatic rings. The van der Waals surface area contributed by atoms with E-state index in [-0.39, 0.29) is 18.7 Å². The number of carbonyl (C=O) groups is 1. The van der Waals surface area contributed by atoms with Crippen molar-refractivity contribution in [3.8, 4) is 0 Å². The van der Waals surface area contributed by atoms with Crippen molar-refractivity contribution >= 4 is 30.7 Å². The fourth-order valence-corrected chi connectivity index (χ4v) is 3.52. The molecule has 1 unspecified atom stereocenters. The smallest absolute Gasteiger partial charge is 0.358 e. The molecule has 0 aromatic carbocycles. The Morgan fingerprint density at radius 1 is 1.39 bits per heavy atom. The zero-order valence-corrected chi connectivity index (χ0v) is 16.8. The Morgan fingerprint density at radius 2 is 2.18 bits per heavy atom. The summed E-state index contributed by atoms with van der Waals surface area (Å²) in [5.74, 6) is -0.257. The minimum Gasteiger partial charge on any atom is -0.438 e. The quantitative estimate of drug-likeness (QED) is 0.330. The lowest BCUT2D eigenvalue weighted by molar-refractivity contribution is -0.150. The fraction of sp³-hybridized carbons (Fsp3) is 0.625. The normalized spacial score (nSPS) is 17.4. The van der Waals surface area contributed by atoms with Crippen LogP contribution in [0.2, 0.25) is 0 Å². The maximum Gasteiger partial charge on any atom is 0.358 e. The molecular formula is C16H24N5O6P. The van der Waals surface area contributed by atoms with E-state index in [0.29, 0.717) is 24.1 Å². The Hall–Kier alpha value is -2.07. The van der Waals surface area contributed by atoms with Gasteiger partial charge in [0, 0.05) is 13.5 Å². The average molecular weight is 413 g/mol. The van der Waals surface area contributed by atoms with Crippen LogP contribution in [0.15, 0.2) is 12.5 Å². The summed E-state index contributed by atoms with van der Waals surface area (Å²) in [7, 11) is -2.28. The summed E-state index contributed by atoms with van der Waals surface area (Å²) in [6.07, 6.45) is 5.44. The predicted octanol–water partition coefficient (Wildman–Crippen LogP) is 2.07. The number of carbonyl (C=O) groups excluding carboxylic acids is 1. The van der Waals surface area contributed by atoms with Crippen molar-refractivity contribution in [2.24, 2.45) is 0 Å². The topological polar surface area (TPSA) is 141 Å². The molecule has 0 radical (unpaired) electrons. The average Bonchev–Trinajstić information content (AvgIpc) is 3.34. The number of imidazole rings is 1. The first-order valence-corrected chi connectivity index (χ1v) is 10.6. The number of nitrogen functional groups attached to an aromatic ring is 1. The molecule has 0 saturated heterocycles. The monoisotopic (exact) mass is 413 g/mol. The van der Waals surface area contributed by atoms with Crippen LogP contribution in [0.3, 0.4) is 0 Å². The van der Waals surface area contributed by atoms with Gasteiger partial charge in [0.1, 0.15) is 11.9 Å². The second-order valence-electron chi connectivity index (χ2n) is 6.57. The number of nitrogens with zero attached hydrogens (tertiary/aromatic N) is 4. The Labute approximate surface area is 162 Å². The molecule has 0 bridgehead atoms. The summed E-state index contributed by atoms with van der Waals surface area (Å²) < 4.78 is 35.3. The number of nitrogens with two attached hydrogens (primary N) is 1. The summed E-state index contributed by atoms with van der Waals surface area (Å²) in [5.41, 5.74) is 6.38. The van der Waals surface area contributed by atoms with E-state index in [4.69, 9.17) is 24.3 Å². The molecule has 0 amide bonds. The third-order valence-electron chi connectivity index (χ3n) is 4.37. The third-order valence-corrected chi connectivity index (χ3v) is 5.87. The first-order chi connectivity index (χ1) is 13.4. The van der Waals surface area contributed by atoms with Crippen LogP contribution in [0.5, 0.6) is 0 Å². The largest absolute Gasteiger partial charge is 0.438 e. The van der Waals surface area contributed by atoms with Crippen LogP contribution in [0.4, 0.5) is 5.95 Å². The van der Waals surface area contributed by atoms with Gasteiger partial charge in [0.05, 0.1) is 24.7 Å². The van der Waals surface area contributed by atoms with Gasteiger partial charge in [0.25, 0.3) is 0 Å². The minimum atomic E-state index is -3.55. The van der Waals surface area contributed by atoms with E-state index in [2.05, 4.69) is 15.0 Å². The number of ether oxygens (including phenoxy) is 2. The number of hydrogen-bond donors (Lipinski definition) is 1. The maximum atomic E-state index is 12.6. The van der Waals surface area contributed by atoms with E-state index >= 15 is 0 Å². The van der Waals surface area contributed by atoms with E-state index in [1.54, 1.807) is 12.5 Å². The lowest BCUT2D eigenvalue weighted by Crippen LogP contribution is -2.23. The van der Waals surface area contributed by atoms with Crippen LogP contribution in [-0.4, -0.2) is 51.3 Å². The van der Waals surface area contributed by atoms with Gasteiger partial charge in [-0.25, -0.2) is 9.97 Å². The van der Waals surface area contributed by atoms with Crippen LogP contribution in [0.25, 0.3) is 11.2 Å². The Morgan fingerprint density at radius 3 is 2.86 bits per heavy atom. The highest BCUT2D eigenvalue weighted by atomic mass is 31.2. The number of fused-ring (bicyclic) bond motifs is 1. The number of anilines is 1. The first kappa shape index (κ1) is 20.7. The molecule has 154 valence electrons. The molecule has 1 fully saturated rings. The highest BCUT2D eigenvalue weighted by molar-refractivity contribution is 7.53. The van der Waals surface area contributed by atoms with Gasteiger partial charge in [0.2, 0.25) is 12.7 Å². The molecule has 1 atom stereocenters. The molecule has 1 aliphatic rings. The fourth-order valence-electron chi connectivity index (χ4n) is 2.59. The van der Waals surface area contributed by atoms with E-state index in [0.717, 1.165) is 12.8 Å². The second-order valence-corrected chi connectivity index (χ2v) is 8.68. The number of esters is 1. The zero-order valence-electron chi connectivity index (χ0n) is 15.9. The van der Waals surface area contributed by atoms with Gasteiger partial charge in [-0.1, -0.05) is 6.92 Å². The van der Waals surface area contributed by atoms with Crippen LogP contribution < -0.4 is 5.73 Å². The number of rotatable bonds is 11. The molecule has 2 N–H and O–H groups in total. The van der Waals surface area contributed by atoms with Gasteiger partial charge < -0.3 is 24.3 Å². The summed E-state index contributed by atoms with van der Waals surface area (Å²) in [6, 6.07) is 0. The summed E-state index contributed by atoms with van der Waals surface area (Å²) in [6.45, 7) is 1.88. The van der Waals surface area contributed by atoms with E-state index in [1.165, 1.54) is 7.11 Å². The van der Waals surface area contributed by atoms with Crippen molar-refractivity contribution in [1.82, 2.24) is 19.5 Å². The van der Waals surface area contributed by atoms with Crippen LogP contribution in [-0.2, 0) is 34.4 Å². The van der Waals surface area contributed by atoms with E-state index in [1.807, 2.05) is 11.5 Å². The highest BCUT2D eigenvalue weighted by Gasteiger charge is 2.46. The van der Waals surface area contributed by atoms with Crippen molar-refractivity contribution in [3.05, 3.63) is 12.5 Å². The Kier molecular flexibility index (Phi) is 6.29. The maximum absolute atomic E-state index is 12.6. The summed E-state index contributed by atoms with van der Waals surface area (Å²) >= 11 is 0.